The molecule has 0 aliphatic carbocycles. The highest BCUT2D eigenvalue weighted by Gasteiger charge is 2.37. The normalized spacial score (nSPS) is 19.0. The average Bonchev–Trinajstić information content (AvgIpc) is 2.68. The molecule has 6 nitrogen and oxygen atoms in total. The second kappa shape index (κ2) is 9.54. The van der Waals surface area contributed by atoms with Gasteiger partial charge in [-0.15, -0.1) is 0 Å². The monoisotopic (exact) mass is 502 g/mol. The van der Waals surface area contributed by atoms with Gasteiger partial charge < -0.3 is 19.5 Å². The van der Waals surface area contributed by atoms with E-state index >= 15 is 8.78 Å². The van der Waals surface area contributed by atoms with E-state index in [4.69, 9.17) is 9.47 Å². The number of likely N-dealkylation sites (tertiary alicyclic amines) is 1. The lowest BCUT2D eigenvalue weighted by molar-refractivity contribution is -0.0223. The summed E-state index contributed by atoms with van der Waals surface area (Å²) in [7, 11) is 0. The molecule has 196 valence electrons. The van der Waals surface area contributed by atoms with Crippen LogP contribution in [0.3, 0.4) is 0 Å². The van der Waals surface area contributed by atoms with Gasteiger partial charge in [0, 0.05) is 30.8 Å². The fourth-order valence-electron chi connectivity index (χ4n) is 4.85. The van der Waals surface area contributed by atoms with E-state index in [1.807, 2.05) is 0 Å². The van der Waals surface area contributed by atoms with E-state index in [0.29, 0.717) is 32.6 Å². The predicted octanol–water partition coefficient (Wildman–Crippen LogP) is 5.66. The molecule has 1 unspecified atom stereocenters. The molecular formula is C28H36F2N2O4. The summed E-state index contributed by atoms with van der Waals surface area (Å²) in [6.45, 7) is 13.5. The minimum atomic E-state index is -0.682. The molecule has 2 aliphatic heterocycles. The summed E-state index contributed by atoms with van der Waals surface area (Å²) in [6.07, 6.45) is -0.106. The average molecular weight is 503 g/mol. The third kappa shape index (κ3) is 5.91. The Bertz CT molecular complexity index is 1110. The van der Waals surface area contributed by atoms with Gasteiger partial charge in [0.25, 0.3) is 0 Å². The van der Waals surface area contributed by atoms with Gasteiger partial charge in [-0.05, 0) is 55.9 Å². The third-order valence-electron chi connectivity index (χ3n) is 6.26. The first-order chi connectivity index (χ1) is 16.7. The van der Waals surface area contributed by atoms with Crippen molar-refractivity contribution in [2.45, 2.75) is 65.7 Å². The molecule has 1 amide bonds. The van der Waals surface area contributed by atoms with Crippen molar-refractivity contribution in [3.05, 3.63) is 58.7 Å². The Kier molecular flexibility index (Phi) is 6.94. The summed E-state index contributed by atoms with van der Waals surface area (Å²) in [5, 5.41) is 9.95. The van der Waals surface area contributed by atoms with Crippen molar-refractivity contribution in [1.82, 2.24) is 9.80 Å². The van der Waals surface area contributed by atoms with Crippen molar-refractivity contribution in [3.8, 4) is 11.5 Å². The number of fused-ring (bicyclic) bond motifs is 1. The number of rotatable bonds is 4. The highest BCUT2D eigenvalue weighted by Crippen LogP contribution is 2.41. The number of nitrogens with zero attached hydrogens (tertiary/aromatic N) is 2. The Morgan fingerprint density at radius 2 is 1.69 bits per heavy atom. The van der Waals surface area contributed by atoms with Crippen LogP contribution < -0.4 is 4.74 Å². The summed E-state index contributed by atoms with van der Waals surface area (Å²) >= 11 is 0. The molecule has 36 heavy (non-hydrogen) atoms. The quantitative estimate of drug-likeness (QED) is 0.584. The molecule has 2 aromatic rings. The minimum absolute atomic E-state index is 0.0257. The van der Waals surface area contributed by atoms with E-state index in [9.17, 15) is 9.90 Å². The number of phenols is 1. The number of hydrogen-bond acceptors (Lipinski definition) is 5. The number of benzene rings is 2. The van der Waals surface area contributed by atoms with Crippen LogP contribution in [0.4, 0.5) is 13.6 Å². The molecule has 2 aliphatic rings. The molecule has 1 N–H and O–H groups in total. The van der Waals surface area contributed by atoms with Crippen molar-refractivity contribution >= 4 is 6.09 Å². The molecule has 4 rings (SSSR count). The third-order valence-corrected chi connectivity index (χ3v) is 6.26. The summed E-state index contributed by atoms with van der Waals surface area (Å²) in [6, 6.07) is 6.82. The molecule has 2 heterocycles. The van der Waals surface area contributed by atoms with Crippen molar-refractivity contribution in [1.29, 1.82) is 0 Å². The fraction of sp³-hybridized carbons (Fsp3) is 0.536. The first kappa shape index (κ1) is 26.2. The Morgan fingerprint density at radius 3 is 2.28 bits per heavy atom. The van der Waals surface area contributed by atoms with Gasteiger partial charge in [-0.2, -0.15) is 0 Å². The number of ether oxygens (including phenoxy) is 2. The molecule has 0 spiro atoms. The standard InChI is InChI=1S/C28H36F2N2O4/c1-27(2,3)16-31-10-9-17-11-18(33)7-8-21(17)25(31)24-22(29)12-19(13-23(24)30)35-20-14-32(15-20)26(34)36-28(4,5)6/h7-8,11-13,20,25,33H,9-10,14-16H2,1-6H3. The van der Waals surface area contributed by atoms with Crippen molar-refractivity contribution in [2.24, 2.45) is 5.41 Å². The second-order valence-electron chi connectivity index (χ2n) is 12.0. The Morgan fingerprint density at radius 1 is 1.06 bits per heavy atom. The molecule has 1 saturated heterocycles. The number of halogens is 2. The van der Waals surface area contributed by atoms with Gasteiger partial charge in [0.1, 0.15) is 34.8 Å². The summed E-state index contributed by atoms with van der Waals surface area (Å²) < 4.78 is 42.2. The van der Waals surface area contributed by atoms with Crippen LogP contribution in [0.5, 0.6) is 11.5 Å². The smallest absolute Gasteiger partial charge is 0.410 e. The second-order valence-corrected chi connectivity index (χ2v) is 12.0. The summed E-state index contributed by atoms with van der Waals surface area (Å²) in [4.78, 5) is 15.7. The van der Waals surface area contributed by atoms with E-state index in [0.717, 1.165) is 11.1 Å². The number of hydrogen-bond donors (Lipinski definition) is 1. The first-order valence-corrected chi connectivity index (χ1v) is 12.4. The molecule has 0 saturated carbocycles. The molecule has 0 radical (unpaired) electrons. The van der Waals surface area contributed by atoms with Crippen molar-refractivity contribution < 1.29 is 28.2 Å². The molecule has 1 fully saturated rings. The zero-order valence-electron chi connectivity index (χ0n) is 21.9. The zero-order valence-corrected chi connectivity index (χ0v) is 21.9. The van der Waals surface area contributed by atoms with Crippen LogP contribution in [0, 0.1) is 17.0 Å². The highest BCUT2D eigenvalue weighted by atomic mass is 19.1. The number of amides is 1. The SMILES string of the molecule is CC(C)(C)CN1CCc2cc(O)ccc2C1c1c(F)cc(OC2CN(C(=O)OC(C)(C)C)C2)cc1F. The number of phenolic OH excluding ortho intramolecular Hbond substituents is 1. The summed E-state index contributed by atoms with van der Waals surface area (Å²) in [5.74, 6) is -1.13. The van der Waals surface area contributed by atoms with Crippen molar-refractivity contribution in [3.63, 3.8) is 0 Å². The van der Waals surface area contributed by atoms with E-state index in [-0.39, 0.29) is 28.6 Å². The minimum Gasteiger partial charge on any atom is -0.508 e. The van der Waals surface area contributed by atoms with Gasteiger partial charge in [-0.3, -0.25) is 4.90 Å². The van der Waals surface area contributed by atoms with Crippen molar-refractivity contribution in [2.75, 3.05) is 26.2 Å². The molecule has 2 aromatic carbocycles. The van der Waals surface area contributed by atoms with Gasteiger partial charge in [-0.1, -0.05) is 26.8 Å². The number of carbonyl (C=O) groups excluding carboxylic acids is 1. The maximum atomic E-state index is 15.6. The largest absolute Gasteiger partial charge is 0.508 e. The van der Waals surface area contributed by atoms with Crippen LogP contribution in [0.15, 0.2) is 30.3 Å². The molecule has 1 atom stereocenters. The van der Waals surface area contributed by atoms with E-state index < -0.39 is 29.4 Å². The maximum absolute atomic E-state index is 15.6. The molecule has 0 aromatic heterocycles. The topological polar surface area (TPSA) is 62.2 Å². The number of carbonyl (C=O) groups is 1. The fourth-order valence-corrected chi connectivity index (χ4v) is 4.85. The molecular weight excluding hydrogens is 466 g/mol. The van der Waals surface area contributed by atoms with Crippen LogP contribution in [-0.4, -0.2) is 58.9 Å². The van der Waals surface area contributed by atoms with E-state index in [1.54, 1.807) is 39.0 Å². The molecule has 0 bridgehead atoms. The van der Waals surface area contributed by atoms with Crippen LogP contribution in [0.2, 0.25) is 0 Å². The van der Waals surface area contributed by atoms with Crippen LogP contribution >= 0.6 is 0 Å². The zero-order chi connectivity index (χ0) is 26.4. The Labute approximate surface area is 211 Å². The molecule has 8 heteroatoms. The van der Waals surface area contributed by atoms with Gasteiger partial charge in [0.2, 0.25) is 0 Å². The van der Waals surface area contributed by atoms with E-state index in [1.165, 1.54) is 17.0 Å². The van der Waals surface area contributed by atoms with Gasteiger partial charge in [0.05, 0.1) is 19.1 Å². The predicted molar refractivity (Wildman–Crippen MR) is 133 cm³/mol. The number of aromatic hydroxyl groups is 1. The van der Waals surface area contributed by atoms with Gasteiger partial charge >= 0.3 is 6.09 Å². The van der Waals surface area contributed by atoms with Crippen LogP contribution in [0.25, 0.3) is 0 Å². The van der Waals surface area contributed by atoms with Crippen LogP contribution in [-0.2, 0) is 11.2 Å². The van der Waals surface area contributed by atoms with Crippen LogP contribution in [0.1, 0.15) is 64.3 Å². The lowest BCUT2D eigenvalue weighted by atomic mass is 9.85. The van der Waals surface area contributed by atoms with E-state index in [2.05, 4.69) is 25.7 Å². The summed E-state index contributed by atoms with van der Waals surface area (Å²) in [5.41, 5.74) is 0.986. The van der Waals surface area contributed by atoms with Gasteiger partial charge in [0.15, 0.2) is 0 Å². The Hall–Kier alpha value is -2.87. The Balaban J connectivity index is 1.56. The van der Waals surface area contributed by atoms with Gasteiger partial charge in [-0.25, -0.2) is 13.6 Å². The maximum Gasteiger partial charge on any atom is 0.410 e. The lowest BCUT2D eigenvalue weighted by Gasteiger charge is -2.41. The first-order valence-electron chi connectivity index (χ1n) is 12.4. The lowest BCUT2D eigenvalue weighted by Crippen LogP contribution is -2.57. The highest BCUT2D eigenvalue weighted by molar-refractivity contribution is 5.69.